The minimum atomic E-state index is 0.0760. The Balaban J connectivity index is 1.33. The predicted molar refractivity (Wildman–Crippen MR) is 114 cm³/mol. The van der Waals surface area contributed by atoms with Gasteiger partial charge in [0.25, 0.3) is 0 Å². The second-order valence-electron chi connectivity index (χ2n) is 8.26. The van der Waals surface area contributed by atoms with Crippen LogP contribution in [0.1, 0.15) is 29.7 Å². The molecule has 3 heterocycles. The van der Waals surface area contributed by atoms with Crippen LogP contribution in [-0.4, -0.2) is 43.2 Å². The number of rotatable bonds is 5. The molecule has 0 aliphatic carbocycles. The van der Waals surface area contributed by atoms with Crippen molar-refractivity contribution >= 4 is 10.9 Å². The maximum absolute atomic E-state index is 5.46. The van der Waals surface area contributed by atoms with Crippen LogP contribution < -0.4 is 10.1 Å². The van der Waals surface area contributed by atoms with E-state index >= 15 is 0 Å². The molecule has 1 unspecified atom stereocenters. The average Bonchev–Trinajstić information content (AvgIpc) is 3.31. The van der Waals surface area contributed by atoms with Crippen LogP contribution in [0, 0.1) is 0 Å². The largest absolute Gasteiger partial charge is 0.497 e. The van der Waals surface area contributed by atoms with Crippen molar-refractivity contribution in [2.75, 3.05) is 33.3 Å². The number of aryl methyl sites for hydroxylation is 1. The first-order valence-electron chi connectivity index (χ1n) is 10.5. The van der Waals surface area contributed by atoms with E-state index in [0.717, 1.165) is 31.7 Å². The molecule has 1 spiro atoms. The number of aromatic nitrogens is 1. The van der Waals surface area contributed by atoms with Crippen molar-refractivity contribution in [3.8, 4) is 5.75 Å². The van der Waals surface area contributed by atoms with Gasteiger partial charge in [0.15, 0.2) is 0 Å². The van der Waals surface area contributed by atoms with Crippen LogP contribution in [0.3, 0.4) is 0 Å². The van der Waals surface area contributed by atoms with Crippen molar-refractivity contribution in [3.05, 3.63) is 65.4 Å². The number of nitrogens with zero attached hydrogens (tertiary/aromatic N) is 1. The molecule has 0 bridgehead atoms. The average molecular weight is 376 g/mol. The third kappa shape index (κ3) is 3.11. The number of methoxy groups -OCH3 is 1. The molecular formula is C24H29N3O. The van der Waals surface area contributed by atoms with Gasteiger partial charge in [0.1, 0.15) is 5.75 Å². The molecule has 0 saturated carbocycles. The van der Waals surface area contributed by atoms with Crippen LogP contribution in [0.25, 0.3) is 10.9 Å². The van der Waals surface area contributed by atoms with E-state index in [4.69, 9.17) is 4.74 Å². The monoisotopic (exact) mass is 375 g/mol. The zero-order chi connectivity index (χ0) is 19.0. The first-order valence-corrected chi connectivity index (χ1v) is 10.5. The van der Waals surface area contributed by atoms with Crippen LogP contribution in [0.4, 0.5) is 0 Å². The van der Waals surface area contributed by atoms with Crippen molar-refractivity contribution < 1.29 is 4.74 Å². The summed E-state index contributed by atoms with van der Waals surface area (Å²) in [6.07, 6.45) is 4.64. The second-order valence-corrected chi connectivity index (χ2v) is 8.26. The van der Waals surface area contributed by atoms with Gasteiger partial charge in [-0.05, 0) is 61.6 Å². The highest BCUT2D eigenvalue weighted by Crippen LogP contribution is 2.40. The molecule has 0 radical (unpaired) electrons. The Labute approximate surface area is 166 Å². The molecule has 146 valence electrons. The van der Waals surface area contributed by atoms with Crippen molar-refractivity contribution in [1.82, 2.24) is 15.2 Å². The number of benzene rings is 2. The van der Waals surface area contributed by atoms with Crippen molar-refractivity contribution in [2.24, 2.45) is 0 Å². The Bertz CT molecular complexity index is 965. The van der Waals surface area contributed by atoms with Crippen LogP contribution in [0.5, 0.6) is 5.75 Å². The molecule has 2 aliphatic rings. The molecule has 28 heavy (non-hydrogen) atoms. The van der Waals surface area contributed by atoms with Gasteiger partial charge in [-0.15, -0.1) is 0 Å². The van der Waals surface area contributed by atoms with Crippen LogP contribution in [-0.2, 0) is 18.4 Å². The molecular weight excluding hydrogens is 346 g/mol. The van der Waals surface area contributed by atoms with E-state index in [0.29, 0.717) is 0 Å². The van der Waals surface area contributed by atoms with Crippen molar-refractivity contribution in [1.29, 1.82) is 0 Å². The molecule has 5 rings (SSSR count). The number of hydrogen-bond donors (Lipinski definition) is 2. The van der Waals surface area contributed by atoms with Gasteiger partial charge in [0.2, 0.25) is 0 Å². The molecule has 0 amide bonds. The number of H-pyrrole nitrogens is 1. The highest BCUT2D eigenvalue weighted by atomic mass is 16.5. The van der Waals surface area contributed by atoms with E-state index in [1.54, 1.807) is 7.11 Å². The fourth-order valence-electron chi connectivity index (χ4n) is 5.12. The minimum absolute atomic E-state index is 0.0760. The number of likely N-dealkylation sites (tertiary alicyclic amines) is 1. The quantitative estimate of drug-likeness (QED) is 0.711. The van der Waals surface area contributed by atoms with E-state index in [1.165, 1.54) is 53.7 Å². The lowest BCUT2D eigenvalue weighted by molar-refractivity contribution is 0.268. The molecule has 2 aliphatic heterocycles. The van der Waals surface area contributed by atoms with E-state index in [-0.39, 0.29) is 5.54 Å². The third-order valence-corrected chi connectivity index (χ3v) is 6.56. The molecule has 2 N–H and O–H groups in total. The highest BCUT2D eigenvalue weighted by Gasteiger charge is 2.43. The summed E-state index contributed by atoms with van der Waals surface area (Å²) in [5, 5.41) is 5.21. The Morgan fingerprint density at radius 1 is 1.14 bits per heavy atom. The molecule has 1 aromatic heterocycles. The van der Waals surface area contributed by atoms with Gasteiger partial charge in [-0.2, -0.15) is 0 Å². The molecule has 1 saturated heterocycles. The zero-order valence-electron chi connectivity index (χ0n) is 16.6. The molecule has 1 fully saturated rings. The van der Waals surface area contributed by atoms with Gasteiger partial charge in [0, 0.05) is 36.2 Å². The Morgan fingerprint density at radius 3 is 2.89 bits per heavy atom. The number of nitrogens with one attached hydrogen (secondary N) is 2. The lowest BCUT2D eigenvalue weighted by Crippen LogP contribution is -2.49. The summed E-state index contributed by atoms with van der Waals surface area (Å²) in [7, 11) is 1.74. The number of aromatic amines is 1. The Hall–Kier alpha value is -2.30. The van der Waals surface area contributed by atoms with Crippen LogP contribution >= 0.6 is 0 Å². The summed E-state index contributed by atoms with van der Waals surface area (Å²) in [4.78, 5) is 6.39. The van der Waals surface area contributed by atoms with E-state index < -0.39 is 0 Å². The highest BCUT2D eigenvalue weighted by molar-refractivity contribution is 5.86. The molecule has 2 aromatic carbocycles. The van der Waals surface area contributed by atoms with Crippen LogP contribution in [0.15, 0.2) is 48.5 Å². The van der Waals surface area contributed by atoms with Gasteiger partial charge in [-0.3, -0.25) is 0 Å². The van der Waals surface area contributed by atoms with Crippen LogP contribution in [0.2, 0.25) is 0 Å². The molecule has 4 heteroatoms. The summed E-state index contributed by atoms with van der Waals surface area (Å²) >= 11 is 0. The normalized spacial score (nSPS) is 22.0. The summed E-state index contributed by atoms with van der Waals surface area (Å²) in [5.74, 6) is 0.941. The summed E-state index contributed by atoms with van der Waals surface area (Å²) in [5.41, 5.74) is 5.65. The standard InChI is InChI=1S/C24H29N3O/c1-28-19-9-10-22-21(16-19)20-11-13-25-24(23(20)26-22)12-15-27(17-24)14-5-8-18-6-3-2-4-7-18/h2-4,6-7,9-10,16,25-26H,5,8,11-15,17H2,1H3. The topological polar surface area (TPSA) is 40.3 Å². The fourth-order valence-corrected chi connectivity index (χ4v) is 5.12. The molecule has 4 nitrogen and oxygen atoms in total. The Kier molecular flexibility index (Phi) is 4.61. The summed E-state index contributed by atoms with van der Waals surface area (Å²) in [6, 6.07) is 17.2. The first-order chi connectivity index (χ1) is 13.8. The SMILES string of the molecule is COc1ccc2[nH]c3c(c2c1)CCNC31CCN(CCCc2ccccc2)C1. The van der Waals surface area contributed by atoms with Gasteiger partial charge in [0.05, 0.1) is 12.6 Å². The number of ether oxygens (including phenoxy) is 1. The van der Waals surface area contributed by atoms with E-state index in [9.17, 15) is 0 Å². The molecule has 1 atom stereocenters. The van der Waals surface area contributed by atoms with Gasteiger partial charge >= 0.3 is 0 Å². The van der Waals surface area contributed by atoms with Crippen molar-refractivity contribution in [2.45, 2.75) is 31.2 Å². The molecule has 3 aromatic rings. The first kappa shape index (κ1) is 17.8. The van der Waals surface area contributed by atoms with Crippen molar-refractivity contribution in [3.63, 3.8) is 0 Å². The minimum Gasteiger partial charge on any atom is -0.497 e. The second kappa shape index (κ2) is 7.26. The Morgan fingerprint density at radius 2 is 2.04 bits per heavy atom. The predicted octanol–water partition coefficient (Wildman–Crippen LogP) is 3.86. The smallest absolute Gasteiger partial charge is 0.119 e. The van der Waals surface area contributed by atoms with Gasteiger partial charge in [-0.1, -0.05) is 30.3 Å². The maximum Gasteiger partial charge on any atom is 0.119 e. The van der Waals surface area contributed by atoms with E-state index in [1.807, 2.05) is 0 Å². The maximum atomic E-state index is 5.46. The number of fused-ring (bicyclic) bond motifs is 4. The van der Waals surface area contributed by atoms with Gasteiger partial charge in [-0.25, -0.2) is 0 Å². The lowest BCUT2D eigenvalue weighted by Gasteiger charge is -2.35. The van der Waals surface area contributed by atoms with E-state index in [2.05, 4.69) is 63.7 Å². The lowest BCUT2D eigenvalue weighted by atomic mass is 9.86. The third-order valence-electron chi connectivity index (χ3n) is 6.56. The summed E-state index contributed by atoms with van der Waals surface area (Å²) in [6.45, 7) is 4.48. The number of hydrogen-bond acceptors (Lipinski definition) is 3. The zero-order valence-corrected chi connectivity index (χ0v) is 16.6. The summed E-state index contributed by atoms with van der Waals surface area (Å²) < 4.78 is 5.46. The fraction of sp³-hybridized carbons (Fsp3) is 0.417. The van der Waals surface area contributed by atoms with Gasteiger partial charge < -0.3 is 19.9 Å².